The van der Waals surface area contributed by atoms with Crippen LogP contribution in [-0.4, -0.2) is 200 Å². The van der Waals surface area contributed by atoms with Gasteiger partial charge in [0.15, 0.2) is 5.60 Å². The van der Waals surface area contributed by atoms with E-state index < -0.39 is 177 Å². The summed E-state index contributed by atoms with van der Waals surface area (Å²) < 4.78 is 33.0. The predicted octanol–water partition coefficient (Wildman–Crippen LogP) is -3.49. The number of aliphatic hydroxyl groups excluding tert-OH is 4. The molecular weight excluding hydrogens is 1260 g/mol. The summed E-state index contributed by atoms with van der Waals surface area (Å²) in [5.74, 6) is -8.37. The number of rotatable bonds is 30. The Morgan fingerprint density at radius 2 is 1.44 bits per heavy atom. The number of benzene rings is 2. The molecule has 0 saturated carbocycles. The molecule has 31 nitrogen and oxygen atoms in total. The number of esters is 1. The number of ether oxygens (including phenoxy) is 3. The van der Waals surface area contributed by atoms with E-state index in [0.717, 1.165) is 17.1 Å². The van der Waals surface area contributed by atoms with Crippen molar-refractivity contribution in [3.05, 3.63) is 110 Å². The first-order chi connectivity index (χ1) is 45.9. The Labute approximate surface area is 547 Å². The number of halogens is 1. The zero-order valence-corrected chi connectivity index (χ0v) is 52.5. The number of carbonyl (C=O) groups is 11. The fourth-order valence-corrected chi connectivity index (χ4v) is 12.2. The molecule has 6 heterocycles. The summed E-state index contributed by atoms with van der Waals surface area (Å²) in [4.78, 5) is 163. The number of aromatic nitrogens is 2. The van der Waals surface area contributed by atoms with Gasteiger partial charge in [0, 0.05) is 67.1 Å². The largest absolute Gasteiger partial charge is 0.458 e. The first kappa shape index (κ1) is 70.9. The highest BCUT2D eigenvalue weighted by atomic mass is 19.1. The molecular formula is C64H76FN11O20. The second-order valence-corrected chi connectivity index (χ2v) is 23.9. The lowest BCUT2D eigenvalue weighted by molar-refractivity contribution is -0.227. The van der Waals surface area contributed by atoms with Crippen molar-refractivity contribution in [2.45, 2.75) is 145 Å². The number of amides is 10. The molecule has 4 aromatic rings. The Kier molecular flexibility index (Phi) is 23.2. The maximum Gasteiger partial charge on any atom is 0.343 e. The lowest BCUT2D eigenvalue weighted by Crippen LogP contribution is -2.60. The summed E-state index contributed by atoms with van der Waals surface area (Å²) in [6.07, 6.45) is -4.30. The van der Waals surface area contributed by atoms with Crippen molar-refractivity contribution in [3.8, 4) is 11.4 Å². The van der Waals surface area contributed by atoms with E-state index in [1.54, 1.807) is 50.2 Å². The van der Waals surface area contributed by atoms with Crippen molar-refractivity contribution < 1.29 is 96.9 Å². The zero-order valence-electron chi connectivity index (χ0n) is 52.5. The lowest BCUT2D eigenvalue weighted by Gasteiger charge is -2.40. The fourth-order valence-electron chi connectivity index (χ4n) is 12.2. The molecule has 9 rings (SSSR count). The Bertz CT molecular complexity index is 3790. The highest BCUT2D eigenvalue weighted by molar-refractivity contribution is 6.12. The number of carbonyl (C=O) groups excluding carboxylic acids is 11. The molecule has 96 heavy (non-hydrogen) atoms. The molecule has 5 aliphatic rings. The van der Waals surface area contributed by atoms with E-state index >= 15 is 4.39 Å². The normalized spacial score (nSPS) is 21.2. The van der Waals surface area contributed by atoms with E-state index in [-0.39, 0.29) is 75.0 Å². The van der Waals surface area contributed by atoms with Gasteiger partial charge in [0.05, 0.1) is 61.3 Å². The number of aliphatic hydroxyl groups is 5. The first-order valence-corrected chi connectivity index (χ1v) is 31.4. The second kappa shape index (κ2) is 31.4. The van der Waals surface area contributed by atoms with Crippen LogP contribution in [0.3, 0.4) is 0 Å². The van der Waals surface area contributed by atoms with Gasteiger partial charge in [-0.15, -0.1) is 0 Å². The third kappa shape index (κ3) is 16.3. The van der Waals surface area contributed by atoms with Crippen LogP contribution in [-0.2, 0) is 98.5 Å². The third-order valence-corrected chi connectivity index (χ3v) is 17.5. The minimum atomic E-state index is -2.08. The summed E-state index contributed by atoms with van der Waals surface area (Å²) in [5, 5.41) is 72.2. The molecule has 1 fully saturated rings. The number of nitrogens with one attached hydrogen (secondary N) is 8. The van der Waals surface area contributed by atoms with Gasteiger partial charge in [-0.1, -0.05) is 43.7 Å². The van der Waals surface area contributed by atoms with Crippen LogP contribution in [0.2, 0.25) is 0 Å². The highest BCUT2D eigenvalue weighted by Gasteiger charge is 2.47. The predicted molar refractivity (Wildman–Crippen MR) is 331 cm³/mol. The van der Waals surface area contributed by atoms with Gasteiger partial charge in [-0.3, -0.25) is 57.6 Å². The van der Waals surface area contributed by atoms with Gasteiger partial charge in [-0.2, -0.15) is 0 Å². The summed E-state index contributed by atoms with van der Waals surface area (Å²) in [6, 6.07) is 7.97. The van der Waals surface area contributed by atoms with E-state index in [1.165, 1.54) is 10.6 Å². The Morgan fingerprint density at radius 1 is 0.760 bits per heavy atom. The molecule has 13 N–H and O–H groups in total. The Hall–Kier alpha value is -9.44. The Balaban J connectivity index is 0.740. The number of hydrogen-bond acceptors (Lipinski definition) is 21. The summed E-state index contributed by atoms with van der Waals surface area (Å²) in [7, 11) is 0. The number of unbranched alkanes of at least 4 members (excludes halogenated alkanes) is 2. The first-order valence-electron chi connectivity index (χ1n) is 31.4. The van der Waals surface area contributed by atoms with Crippen molar-refractivity contribution in [2.24, 2.45) is 0 Å². The molecule has 1 aliphatic carbocycles. The quantitative estimate of drug-likeness (QED) is 0.00918. The highest BCUT2D eigenvalue weighted by Crippen LogP contribution is 2.46. The van der Waals surface area contributed by atoms with Crippen LogP contribution in [0, 0.1) is 12.7 Å². The molecule has 0 radical (unpaired) electrons. The van der Waals surface area contributed by atoms with Gasteiger partial charge < -0.3 is 86.8 Å². The van der Waals surface area contributed by atoms with Crippen LogP contribution < -0.4 is 48.1 Å². The molecule has 4 aliphatic heterocycles. The monoisotopic (exact) mass is 1340 g/mol. The summed E-state index contributed by atoms with van der Waals surface area (Å²) in [6.45, 7) is -1.10. The van der Waals surface area contributed by atoms with Crippen LogP contribution in [0.4, 0.5) is 4.39 Å². The molecule has 9 atom stereocenters. The summed E-state index contributed by atoms with van der Waals surface area (Å²) in [5.41, 5.74) is 1.44. The maximum absolute atomic E-state index is 15.5. The molecule has 0 bridgehead atoms. The topological polar surface area (TPSA) is 451 Å². The number of nitrogens with zero attached hydrogens (tertiary/aromatic N) is 3. The van der Waals surface area contributed by atoms with Crippen molar-refractivity contribution >= 4 is 75.9 Å². The van der Waals surface area contributed by atoms with E-state index in [4.69, 9.17) is 19.2 Å². The van der Waals surface area contributed by atoms with Gasteiger partial charge in [0.25, 0.3) is 17.4 Å². The number of hydrogen-bond donors (Lipinski definition) is 13. The molecule has 2 aromatic heterocycles. The fraction of sp³-hybridized carbons (Fsp3) is 0.484. The van der Waals surface area contributed by atoms with Crippen molar-refractivity contribution in [1.29, 1.82) is 0 Å². The van der Waals surface area contributed by atoms with Crippen LogP contribution in [0.15, 0.2) is 59.4 Å². The average molecular weight is 1340 g/mol. The Morgan fingerprint density at radius 3 is 2.15 bits per heavy atom. The number of imide groups is 1. The minimum Gasteiger partial charge on any atom is -0.458 e. The van der Waals surface area contributed by atoms with Gasteiger partial charge in [0.1, 0.15) is 68.4 Å². The molecule has 0 spiro atoms. The van der Waals surface area contributed by atoms with Gasteiger partial charge in [-0.05, 0) is 73.8 Å². The van der Waals surface area contributed by atoms with Crippen LogP contribution >= 0.6 is 0 Å². The number of aryl methyl sites for hydroxylation is 1. The van der Waals surface area contributed by atoms with E-state index in [9.17, 15) is 83.1 Å². The standard InChI is InChI=1S/C64H76FN11O20/c1-3-64(93)37-21-43-56-35(27-76(43)62(91)36(37)29-95-63(64)92)55-39(14-13-34-32(2)38(65)22-41(74-56)54(34)55)71-51(83)30-94-31-70-49(81)25-69-61(90)42(20-33-10-6-4-7-11-33)73-50(82)26-67-48(80)24-68-60(89)40(72-47(79)12-8-5-9-19-75-52(84)17-18-53(75)85)15-16-46(78)66-23-44-57(86)59(88)58(87)45(28-77)96-44/h4,6-7,10-11,17-18,21-22,39-40,42,44-45,57-59,77,86-88,93H,3,5,8-9,12-16,19-20,23-31H2,1-2H3,(H,66,78)(H,67,80)(H,68,89)(H,69,90)(H,70,81)(H,71,83)(H,72,79)(H,73,82)/t39-,40?,42-,44-,45+,57-,58+,59+,64-/m0/s1. The summed E-state index contributed by atoms with van der Waals surface area (Å²) >= 11 is 0. The molecule has 2 aromatic carbocycles. The van der Waals surface area contributed by atoms with Crippen molar-refractivity contribution in [2.75, 3.05) is 52.7 Å². The molecule has 32 heteroatoms. The maximum atomic E-state index is 15.5. The number of cyclic esters (lactones) is 1. The van der Waals surface area contributed by atoms with Crippen LogP contribution in [0.25, 0.3) is 22.3 Å². The smallest absolute Gasteiger partial charge is 0.343 e. The van der Waals surface area contributed by atoms with Crippen LogP contribution in [0.1, 0.15) is 103 Å². The zero-order chi connectivity index (χ0) is 69.1. The minimum absolute atomic E-state index is 0.0176. The van der Waals surface area contributed by atoms with E-state index in [1.807, 2.05) is 0 Å². The molecule has 514 valence electrons. The van der Waals surface area contributed by atoms with Crippen LogP contribution in [0.5, 0.6) is 0 Å². The van der Waals surface area contributed by atoms with Gasteiger partial charge in [-0.25, -0.2) is 14.2 Å². The van der Waals surface area contributed by atoms with E-state index in [0.29, 0.717) is 70.3 Å². The number of fused-ring (bicyclic) bond motifs is 5. The van der Waals surface area contributed by atoms with Crippen molar-refractivity contribution in [1.82, 2.24) is 57.0 Å². The van der Waals surface area contributed by atoms with Gasteiger partial charge in [0.2, 0.25) is 47.3 Å². The number of pyridine rings is 2. The molecule has 1 unspecified atom stereocenters. The molecule has 1 saturated heterocycles. The third-order valence-electron chi connectivity index (χ3n) is 17.5. The SMILES string of the molecule is CC[C@@]1(O)C(=O)OCc2c1cc1n(c2=O)Cc2c-1nc1cc(F)c(C)c3c1c2[C@@H](NC(=O)COCNC(=O)CNC(=O)[C@H](Cc1ccccc1)NC(=O)CNC(=O)CNC(=O)C(CCC(=O)NC[C@@H]1O[C@H](CO)[C@@H](O)[C@H](O)[C@H]1O)NC(=O)CCCCCN1C(=O)C=CC1=O)CC3. The second-order valence-electron chi connectivity index (χ2n) is 23.9. The van der Waals surface area contributed by atoms with E-state index in [2.05, 4.69) is 42.5 Å². The lowest BCUT2D eigenvalue weighted by atomic mass is 9.81. The average Bonchev–Trinajstić information content (AvgIpc) is 1.47. The van der Waals surface area contributed by atoms with Gasteiger partial charge >= 0.3 is 5.97 Å². The molecule has 10 amide bonds. The van der Waals surface area contributed by atoms with Crippen molar-refractivity contribution in [3.63, 3.8) is 0 Å².